The fourth-order valence-electron chi connectivity index (χ4n) is 3.17. The molecular weight excluding hydrogens is 329 g/mol. The molecule has 1 aliphatic heterocycles. The minimum absolute atomic E-state index is 0. The molecule has 4 nitrogen and oxygen atoms in total. The van der Waals surface area contributed by atoms with E-state index in [0.29, 0.717) is 13.0 Å². The van der Waals surface area contributed by atoms with Crippen LogP contribution in [0.3, 0.4) is 0 Å². The second kappa shape index (κ2) is 9.35. The molecule has 6 heteroatoms. The van der Waals surface area contributed by atoms with E-state index in [-0.39, 0.29) is 24.1 Å². The highest BCUT2D eigenvalue weighted by molar-refractivity contribution is 5.86. The van der Waals surface area contributed by atoms with Crippen molar-refractivity contribution in [2.45, 2.75) is 45.2 Å². The standard InChI is InChI=1S/C18H28FN3O.ClH/c1-3-9-18(2,20)17(23)22-11-4-10-21(12-13-22)14-15-5-7-16(19)8-6-15;/h5-8H,3-4,9-14,20H2,1-2H3;1H. The van der Waals surface area contributed by atoms with Gasteiger partial charge in [-0.15, -0.1) is 12.4 Å². The zero-order valence-electron chi connectivity index (χ0n) is 14.6. The summed E-state index contributed by atoms with van der Waals surface area (Å²) in [5.41, 5.74) is 6.52. The number of halogens is 2. The van der Waals surface area contributed by atoms with Crippen LogP contribution in [0.15, 0.2) is 24.3 Å². The first-order chi connectivity index (χ1) is 10.9. The monoisotopic (exact) mass is 357 g/mol. The summed E-state index contributed by atoms with van der Waals surface area (Å²) in [6, 6.07) is 6.63. The second-order valence-corrected chi connectivity index (χ2v) is 6.72. The van der Waals surface area contributed by atoms with Crippen LogP contribution in [0, 0.1) is 5.82 Å². The van der Waals surface area contributed by atoms with Crippen LogP contribution < -0.4 is 5.73 Å². The van der Waals surface area contributed by atoms with Crippen molar-refractivity contribution >= 4 is 18.3 Å². The summed E-state index contributed by atoms with van der Waals surface area (Å²) in [6.45, 7) is 7.90. The molecule has 0 radical (unpaired) electrons. The summed E-state index contributed by atoms with van der Waals surface area (Å²) < 4.78 is 13.0. The summed E-state index contributed by atoms with van der Waals surface area (Å²) >= 11 is 0. The fraction of sp³-hybridized carbons (Fsp3) is 0.611. The van der Waals surface area contributed by atoms with Crippen molar-refractivity contribution in [3.63, 3.8) is 0 Å². The Morgan fingerprint density at radius 3 is 2.50 bits per heavy atom. The number of nitrogens with zero attached hydrogens (tertiary/aromatic N) is 2. The molecule has 1 aromatic rings. The predicted octanol–water partition coefficient (Wildman–Crippen LogP) is 2.80. The largest absolute Gasteiger partial charge is 0.340 e. The SMILES string of the molecule is CCCC(C)(N)C(=O)N1CCCN(Cc2ccc(F)cc2)CC1.Cl. The Hall–Kier alpha value is -1.17. The number of amides is 1. The number of hydrogen-bond donors (Lipinski definition) is 1. The van der Waals surface area contributed by atoms with Crippen LogP contribution in [0.1, 0.15) is 38.7 Å². The molecule has 1 unspecified atom stereocenters. The van der Waals surface area contributed by atoms with Crippen molar-refractivity contribution in [1.82, 2.24) is 9.80 Å². The molecule has 1 aromatic carbocycles. The Kier molecular flexibility index (Phi) is 8.13. The van der Waals surface area contributed by atoms with Gasteiger partial charge in [0.05, 0.1) is 5.54 Å². The van der Waals surface area contributed by atoms with Crippen LogP contribution in [0.5, 0.6) is 0 Å². The zero-order chi connectivity index (χ0) is 16.9. The number of carbonyl (C=O) groups excluding carboxylic acids is 1. The van der Waals surface area contributed by atoms with Crippen molar-refractivity contribution in [3.05, 3.63) is 35.6 Å². The molecule has 1 atom stereocenters. The quantitative estimate of drug-likeness (QED) is 0.881. The molecule has 24 heavy (non-hydrogen) atoms. The van der Waals surface area contributed by atoms with Crippen molar-refractivity contribution < 1.29 is 9.18 Å². The van der Waals surface area contributed by atoms with Gasteiger partial charge in [-0.1, -0.05) is 25.5 Å². The van der Waals surface area contributed by atoms with E-state index < -0.39 is 5.54 Å². The molecule has 0 saturated carbocycles. The summed E-state index contributed by atoms with van der Waals surface area (Å²) in [6.07, 6.45) is 2.56. The first kappa shape index (κ1) is 20.9. The second-order valence-electron chi connectivity index (χ2n) is 6.72. The minimum Gasteiger partial charge on any atom is -0.340 e. The molecule has 1 saturated heterocycles. The smallest absolute Gasteiger partial charge is 0.242 e. The van der Waals surface area contributed by atoms with Crippen molar-refractivity contribution in [2.24, 2.45) is 5.73 Å². The summed E-state index contributed by atoms with van der Waals surface area (Å²) in [4.78, 5) is 16.8. The van der Waals surface area contributed by atoms with E-state index in [1.54, 1.807) is 0 Å². The maximum absolute atomic E-state index is 13.0. The molecule has 2 N–H and O–H groups in total. The number of benzene rings is 1. The highest BCUT2D eigenvalue weighted by atomic mass is 35.5. The van der Waals surface area contributed by atoms with Crippen LogP contribution in [-0.4, -0.2) is 47.4 Å². The fourth-order valence-corrected chi connectivity index (χ4v) is 3.17. The van der Waals surface area contributed by atoms with Gasteiger partial charge in [-0.3, -0.25) is 9.69 Å². The number of rotatable bonds is 5. The van der Waals surface area contributed by atoms with Gasteiger partial charge < -0.3 is 10.6 Å². The molecule has 1 heterocycles. The van der Waals surface area contributed by atoms with Crippen molar-refractivity contribution in [3.8, 4) is 0 Å². The summed E-state index contributed by atoms with van der Waals surface area (Å²) in [5.74, 6) is -0.150. The van der Waals surface area contributed by atoms with Crippen LogP contribution in [0.25, 0.3) is 0 Å². The number of hydrogen-bond acceptors (Lipinski definition) is 3. The lowest BCUT2D eigenvalue weighted by molar-refractivity contribution is -0.136. The first-order valence-corrected chi connectivity index (χ1v) is 8.47. The van der Waals surface area contributed by atoms with E-state index in [1.165, 1.54) is 12.1 Å². The van der Waals surface area contributed by atoms with Crippen LogP contribution in [0.2, 0.25) is 0 Å². The van der Waals surface area contributed by atoms with E-state index in [1.807, 2.05) is 30.9 Å². The number of nitrogens with two attached hydrogens (primary N) is 1. The van der Waals surface area contributed by atoms with Gasteiger partial charge in [0, 0.05) is 32.7 Å². The lowest BCUT2D eigenvalue weighted by atomic mass is 9.95. The topological polar surface area (TPSA) is 49.6 Å². The Labute approximate surface area is 150 Å². The Bertz CT molecular complexity index is 522. The average Bonchev–Trinajstić information content (AvgIpc) is 2.74. The Morgan fingerprint density at radius 1 is 1.21 bits per heavy atom. The van der Waals surface area contributed by atoms with Gasteiger partial charge >= 0.3 is 0 Å². The maximum atomic E-state index is 13.0. The van der Waals surface area contributed by atoms with E-state index >= 15 is 0 Å². The lowest BCUT2D eigenvalue weighted by Crippen LogP contribution is -2.53. The molecule has 1 amide bonds. The van der Waals surface area contributed by atoms with Crippen LogP contribution in [0.4, 0.5) is 4.39 Å². The molecule has 1 fully saturated rings. The minimum atomic E-state index is -0.763. The highest BCUT2D eigenvalue weighted by Gasteiger charge is 2.32. The Balaban J connectivity index is 0.00000288. The van der Waals surface area contributed by atoms with Gasteiger partial charge in [-0.05, 0) is 37.5 Å². The van der Waals surface area contributed by atoms with Crippen molar-refractivity contribution in [2.75, 3.05) is 26.2 Å². The number of carbonyl (C=O) groups is 1. The highest BCUT2D eigenvalue weighted by Crippen LogP contribution is 2.16. The van der Waals surface area contributed by atoms with E-state index in [2.05, 4.69) is 4.90 Å². The molecule has 0 aliphatic carbocycles. The normalized spacial score (nSPS) is 18.4. The summed E-state index contributed by atoms with van der Waals surface area (Å²) in [5, 5.41) is 0. The molecule has 0 bridgehead atoms. The average molecular weight is 358 g/mol. The Morgan fingerprint density at radius 2 is 1.88 bits per heavy atom. The molecule has 2 rings (SSSR count). The first-order valence-electron chi connectivity index (χ1n) is 8.47. The zero-order valence-corrected chi connectivity index (χ0v) is 15.4. The maximum Gasteiger partial charge on any atom is 0.242 e. The van der Waals surface area contributed by atoms with Gasteiger partial charge in [-0.25, -0.2) is 4.39 Å². The van der Waals surface area contributed by atoms with Gasteiger partial charge in [0.1, 0.15) is 5.82 Å². The van der Waals surface area contributed by atoms with Gasteiger partial charge in [-0.2, -0.15) is 0 Å². The van der Waals surface area contributed by atoms with Crippen LogP contribution >= 0.6 is 12.4 Å². The summed E-state index contributed by atoms with van der Waals surface area (Å²) in [7, 11) is 0. The lowest BCUT2D eigenvalue weighted by Gasteiger charge is -2.31. The van der Waals surface area contributed by atoms with Crippen LogP contribution in [-0.2, 0) is 11.3 Å². The van der Waals surface area contributed by atoms with E-state index in [9.17, 15) is 9.18 Å². The van der Waals surface area contributed by atoms with Gasteiger partial charge in [0.2, 0.25) is 5.91 Å². The van der Waals surface area contributed by atoms with E-state index in [4.69, 9.17) is 5.73 Å². The molecular formula is C18H29ClFN3O. The van der Waals surface area contributed by atoms with E-state index in [0.717, 1.165) is 44.6 Å². The predicted molar refractivity (Wildman–Crippen MR) is 97.6 cm³/mol. The van der Waals surface area contributed by atoms with Gasteiger partial charge in [0.25, 0.3) is 0 Å². The van der Waals surface area contributed by atoms with Gasteiger partial charge in [0.15, 0.2) is 0 Å². The van der Waals surface area contributed by atoms with Crippen molar-refractivity contribution in [1.29, 1.82) is 0 Å². The molecule has 136 valence electrons. The third-order valence-electron chi connectivity index (χ3n) is 4.45. The molecule has 1 aliphatic rings. The molecule has 0 spiro atoms. The third-order valence-corrected chi connectivity index (χ3v) is 4.45. The molecule has 0 aromatic heterocycles. The third kappa shape index (κ3) is 5.72.